The smallest absolute Gasteiger partial charge is 0.354 e. The Morgan fingerprint density at radius 1 is 1.33 bits per heavy atom. The molecule has 0 fully saturated rings. The van der Waals surface area contributed by atoms with Crippen LogP contribution < -0.4 is 0 Å². The quantitative estimate of drug-likeness (QED) is 0.874. The van der Waals surface area contributed by atoms with E-state index in [1.54, 1.807) is 12.3 Å². The average molecular weight is 246 g/mol. The number of carboxylic acid groups (broad SMARTS) is 1. The molecule has 0 aromatic carbocycles. The first-order chi connectivity index (χ1) is 8.65. The Hall–Kier alpha value is -2.14. The largest absolute Gasteiger partial charge is 0.477 e. The topological polar surface area (TPSA) is 66.6 Å². The number of carboxylic acids is 1. The number of rotatable bonds is 5. The van der Waals surface area contributed by atoms with E-state index in [0.717, 1.165) is 11.5 Å². The van der Waals surface area contributed by atoms with Crippen molar-refractivity contribution in [1.29, 1.82) is 0 Å². The van der Waals surface area contributed by atoms with Crippen molar-refractivity contribution >= 4 is 5.97 Å². The van der Waals surface area contributed by atoms with Crippen molar-refractivity contribution in [2.75, 3.05) is 7.05 Å². The lowest BCUT2D eigenvalue weighted by Crippen LogP contribution is -2.18. The van der Waals surface area contributed by atoms with Crippen LogP contribution in [0.4, 0.5) is 0 Å². The Bertz CT molecular complexity index is 523. The second-order valence-electron chi connectivity index (χ2n) is 4.07. The SMILES string of the molecule is CN(Cc1cccc(C(=O)O)n1)Cc1ccco1. The van der Waals surface area contributed by atoms with E-state index in [9.17, 15) is 4.79 Å². The third-order valence-corrected chi connectivity index (χ3v) is 2.46. The number of hydrogen-bond donors (Lipinski definition) is 1. The van der Waals surface area contributed by atoms with Gasteiger partial charge in [0.25, 0.3) is 0 Å². The van der Waals surface area contributed by atoms with Crippen LogP contribution in [0.5, 0.6) is 0 Å². The number of hydrogen-bond acceptors (Lipinski definition) is 4. The molecular formula is C13H14N2O3. The molecule has 0 spiro atoms. The van der Waals surface area contributed by atoms with Crippen molar-refractivity contribution < 1.29 is 14.3 Å². The van der Waals surface area contributed by atoms with Gasteiger partial charge in [-0.1, -0.05) is 6.07 Å². The number of nitrogens with zero attached hydrogens (tertiary/aromatic N) is 2. The van der Waals surface area contributed by atoms with Gasteiger partial charge in [-0.2, -0.15) is 0 Å². The van der Waals surface area contributed by atoms with E-state index in [-0.39, 0.29) is 5.69 Å². The molecule has 5 nitrogen and oxygen atoms in total. The molecule has 0 radical (unpaired) electrons. The predicted molar refractivity (Wildman–Crippen MR) is 65.1 cm³/mol. The first-order valence-corrected chi connectivity index (χ1v) is 5.55. The van der Waals surface area contributed by atoms with E-state index in [1.165, 1.54) is 6.07 Å². The fourth-order valence-electron chi connectivity index (χ4n) is 1.69. The van der Waals surface area contributed by atoms with Crippen molar-refractivity contribution in [3.8, 4) is 0 Å². The predicted octanol–water partition coefficient (Wildman–Crippen LogP) is 2.00. The average Bonchev–Trinajstić information content (AvgIpc) is 2.82. The third-order valence-electron chi connectivity index (χ3n) is 2.46. The summed E-state index contributed by atoms with van der Waals surface area (Å²) in [6.45, 7) is 1.23. The summed E-state index contributed by atoms with van der Waals surface area (Å²) in [5, 5.41) is 8.86. The molecule has 2 aromatic heterocycles. The van der Waals surface area contributed by atoms with Crippen LogP contribution in [-0.4, -0.2) is 28.0 Å². The second-order valence-corrected chi connectivity index (χ2v) is 4.07. The Morgan fingerprint density at radius 3 is 2.83 bits per heavy atom. The summed E-state index contributed by atoms with van der Waals surface area (Å²) in [6.07, 6.45) is 1.63. The molecule has 0 aliphatic heterocycles. The van der Waals surface area contributed by atoms with Crippen molar-refractivity contribution in [1.82, 2.24) is 9.88 Å². The summed E-state index contributed by atoms with van der Waals surface area (Å²) >= 11 is 0. The minimum absolute atomic E-state index is 0.0684. The Balaban J connectivity index is 2.00. The summed E-state index contributed by atoms with van der Waals surface area (Å²) in [5.74, 6) is -0.141. The van der Waals surface area contributed by atoms with E-state index >= 15 is 0 Å². The van der Waals surface area contributed by atoms with Crippen molar-refractivity contribution in [3.05, 3.63) is 53.7 Å². The molecule has 0 aliphatic carbocycles. The van der Waals surface area contributed by atoms with Crippen LogP contribution >= 0.6 is 0 Å². The standard InChI is InChI=1S/C13H14N2O3/c1-15(9-11-5-3-7-18-11)8-10-4-2-6-12(14-10)13(16)17/h2-7H,8-9H2,1H3,(H,16,17). The van der Waals surface area contributed by atoms with Gasteiger partial charge in [-0.05, 0) is 31.3 Å². The zero-order valence-electron chi connectivity index (χ0n) is 10.0. The maximum atomic E-state index is 10.8. The van der Waals surface area contributed by atoms with Crippen molar-refractivity contribution in [2.24, 2.45) is 0 Å². The fourth-order valence-corrected chi connectivity index (χ4v) is 1.69. The van der Waals surface area contributed by atoms with E-state index < -0.39 is 5.97 Å². The van der Waals surface area contributed by atoms with Gasteiger partial charge in [0.05, 0.1) is 18.5 Å². The maximum absolute atomic E-state index is 10.8. The van der Waals surface area contributed by atoms with Crippen LogP contribution in [0.25, 0.3) is 0 Å². The molecule has 2 aromatic rings. The zero-order chi connectivity index (χ0) is 13.0. The van der Waals surface area contributed by atoms with E-state index in [1.807, 2.05) is 30.1 Å². The highest BCUT2D eigenvalue weighted by Gasteiger charge is 2.08. The van der Waals surface area contributed by atoms with Gasteiger partial charge in [-0.25, -0.2) is 9.78 Å². The van der Waals surface area contributed by atoms with E-state index in [2.05, 4.69) is 4.98 Å². The highest BCUT2D eigenvalue weighted by atomic mass is 16.4. The molecule has 0 bridgehead atoms. The minimum Gasteiger partial charge on any atom is -0.477 e. The Morgan fingerprint density at radius 2 is 2.17 bits per heavy atom. The van der Waals surface area contributed by atoms with Gasteiger partial charge in [0.1, 0.15) is 11.5 Å². The number of aromatic nitrogens is 1. The summed E-state index contributed by atoms with van der Waals surface area (Å²) in [6, 6.07) is 8.74. The first kappa shape index (κ1) is 12.3. The summed E-state index contributed by atoms with van der Waals surface area (Å²) in [7, 11) is 1.93. The molecule has 0 aliphatic rings. The minimum atomic E-state index is -1.01. The van der Waals surface area contributed by atoms with Crippen LogP contribution in [0.3, 0.4) is 0 Å². The molecule has 0 amide bonds. The highest BCUT2D eigenvalue weighted by molar-refractivity contribution is 5.85. The summed E-state index contributed by atoms with van der Waals surface area (Å²) in [5.41, 5.74) is 0.794. The Labute approximate surface area is 105 Å². The molecule has 0 saturated heterocycles. The lowest BCUT2D eigenvalue weighted by Gasteiger charge is -2.14. The second kappa shape index (κ2) is 5.46. The lowest BCUT2D eigenvalue weighted by atomic mass is 10.3. The summed E-state index contributed by atoms with van der Waals surface area (Å²) in [4.78, 5) is 16.9. The van der Waals surface area contributed by atoms with E-state index in [0.29, 0.717) is 13.1 Å². The number of furan rings is 1. The normalized spacial score (nSPS) is 10.8. The van der Waals surface area contributed by atoms with Gasteiger partial charge < -0.3 is 9.52 Å². The first-order valence-electron chi connectivity index (χ1n) is 5.55. The highest BCUT2D eigenvalue weighted by Crippen LogP contribution is 2.07. The molecular weight excluding hydrogens is 232 g/mol. The molecule has 2 heterocycles. The van der Waals surface area contributed by atoms with Crippen LogP contribution in [0, 0.1) is 0 Å². The van der Waals surface area contributed by atoms with Gasteiger partial charge in [-0.3, -0.25) is 4.90 Å². The number of aromatic carboxylic acids is 1. The zero-order valence-corrected chi connectivity index (χ0v) is 10.0. The van der Waals surface area contributed by atoms with Crippen LogP contribution in [0.1, 0.15) is 21.9 Å². The molecule has 18 heavy (non-hydrogen) atoms. The van der Waals surface area contributed by atoms with Crippen LogP contribution in [0.2, 0.25) is 0 Å². The number of carbonyl (C=O) groups is 1. The third kappa shape index (κ3) is 3.18. The Kier molecular flexibility index (Phi) is 3.74. The molecule has 0 saturated carbocycles. The number of pyridine rings is 1. The maximum Gasteiger partial charge on any atom is 0.354 e. The van der Waals surface area contributed by atoms with E-state index in [4.69, 9.17) is 9.52 Å². The van der Waals surface area contributed by atoms with Gasteiger partial charge in [0.2, 0.25) is 0 Å². The van der Waals surface area contributed by atoms with Gasteiger partial charge in [0.15, 0.2) is 0 Å². The van der Waals surface area contributed by atoms with Gasteiger partial charge >= 0.3 is 5.97 Å². The monoisotopic (exact) mass is 246 g/mol. The fraction of sp³-hybridized carbons (Fsp3) is 0.231. The van der Waals surface area contributed by atoms with Gasteiger partial charge in [-0.15, -0.1) is 0 Å². The molecule has 94 valence electrons. The molecule has 5 heteroatoms. The molecule has 2 rings (SSSR count). The molecule has 1 N–H and O–H groups in total. The van der Waals surface area contributed by atoms with Crippen LogP contribution in [0.15, 0.2) is 41.0 Å². The van der Waals surface area contributed by atoms with Crippen LogP contribution in [-0.2, 0) is 13.1 Å². The molecule has 0 unspecified atom stereocenters. The van der Waals surface area contributed by atoms with Gasteiger partial charge in [0, 0.05) is 6.54 Å². The lowest BCUT2D eigenvalue weighted by molar-refractivity contribution is 0.0690. The van der Waals surface area contributed by atoms with Crippen molar-refractivity contribution in [3.63, 3.8) is 0 Å². The summed E-state index contributed by atoms with van der Waals surface area (Å²) < 4.78 is 5.25. The molecule has 0 atom stereocenters. The van der Waals surface area contributed by atoms with Crippen molar-refractivity contribution in [2.45, 2.75) is 13.1 Å².